The summed E-state index contributed by atoms with van der Waals surface area (Å²) in [6.07, 6.45) is -12.1. The maximum atomic E-state index is 13.6. The van der Waals surface area contributed by atoms with Crippen molar-refractivity contribution in [1.29, 1.82) is 0 Å². The molecule has 3 aromatic rings. The molecule has 10 heteroatoms. The molecule has 1 aliphatic heterocycles. The number of halogens is 6. The lowest BCUT2D eigenvalue weighted by Gasteiger charge is -2.36. The summed E-state index contributed by atoms with van der Waals surface area (Å²) in [7, 11) is 0. The number of benzene rings is 2. The second kappa shape index (κ2) is 7.84. The van der Waals surface area contributed by atoms with E-state index in [0.717, 1.165) is 6.07 Å². The van der Waals surface area contributed by atoms with Crippen molar-refractivity contribution >= 4 is 16.6 Å². The van der Waals surface area contributed by atoms with E-state index in [1.165, 1.54) is 17.0 Å². The van der Waals surface area contributed by atoms with E-state index in [0.29, 0.717) is 11.6 Å². The second-order valence-corrected chi connectivity index (χ2v) is 7.74. The average molecular weight is 456 g/mol. The number of anilines is 1. The van der Waals surface area contributed by atoms with Crippen LogP contribution < -0.4 is 10.5 Å². The highest BCUT2D eigenvalue weighted by molar-refractivity contribution is 5.86. The summed E-state index contributed by atoms with van der Waals surface area (Å²) in [6.45, 7) is 0. The normalized spacial score (nSPS) is 20.7. The first-order valence-electron chi connectivity index (χ1n) is 9.79. The van der Waals surface area contributed by atoms with Gasteiger partial charge < -0.3 is 15.0 Å². The Bertz CT molecular complexity index is 1170. The fraction of sp³-hybridized carbons (Fsp3) is 0.318. The summed E-state index contributed by atoms with van der Waals surface area (Å²) in [4.78, 5) is 15.3. The number of alkyl halides is 6. The Hall–Kier alpha value is -3.01. The first kappa shape index (κ1) is 22.2. The summed E-state index contributed by atoms with van der Waals surface area (Å²) in [5.41, 5.74) is -1.43. The molecule has 0 spiro atoms. The number of H-pyrrole nitrogens is 1. The topological polar surface area (TPSA) is 56.3 Å². The summed E-state index contributed by atoms with van der Waals surface area (Å²) < 4.78 is 80.8. The smallest absolute Gasteiger partial charge is 0.382 e. The predicted molar refractivity (Wildman–Crippen MR) is 106 cm³/mol. The van der Waals surface area contributed by atoms with Crippen LogP contribution in [0.25, 0.3) is 10.9 Å². The molecule has 32 heavy (non-hydrogen) atoms. The molecule has 2 aromatic carbocycles. The molecule has 2 N–H and O–H groups in total. The highest BCUT2D eigenvalue weighted by Crippen LogP contribution is 2.45. The Kier molecular flexibility index (Phi) is 5.44. The van der Waals surface area contributed by atoms with Crippen molar-refractivity contribution < 1.29 is 31.4 Å². The summed E-state index contributed by atoms with van der Waals surface area (Å²) in [5.74, 6) is 0. The zero-order valence-corrected chi connectivity index (χ0v) is 16.4. The largest absolute Gasteiger partial charge is 0.417 e. The van der Waals surface area contributed by atoms with Crippen LogP contribution in [0.15, 0.2) is 59.4 Å². The first-order valence-corrected chi connectivity index (χ1v) is 9.79. The Morgan fingerprint density at radius 1 is 0.969 bits per heavy atom. The number of nitrogens with one attached hydrogen (secondary N) is 1. The molecule has 0 saturated carbocycles. The molecule has 4 rings (SSSR count). The molecule has 2 heterocycles. The molecule has 0 radical (unpaired) electrons. The minimum atomic E-state index is -4.90. The lowest BCUT2D eigenvalue weighted by Crippen LogP contribution is -2.47. The fourth-order valence-electron chi connectivity index (χ4n) is 4.38. The van der Waals surface area contributed by atoms with Crippen molar-refractivity contribution in [2.75, 3.05) is 4.90 Å². The number of aliphatic hydroxyl groups excluding tert-OH is 1. The Labute approximate surface area is 178 Å². The van der Waals surface area contributed by atoms with Crippen LogP contribution in [0.3, 0.4) is 0 Å². The molecule has 1 saturated heterocycles. The van der Waals surface area contributed by atoms with Gasteiger partial charge in [0.1, 0.15) is 0 Å². The summed E-state index contributed by atoms with van der Waals surface area (Å²) >= 11 is 0. The molecule has 1 unspecified atom stereocenters. The van der Waals surface area contributed by atoms with E-state index < -0.39 is 41.7 Å². The second-order valence-electron chi connectivity index (χ2n) is 7.74. The predicted octanol–water partition coefficient (Wildman–Crippen LogP) is 5.18. The highest BCUT2D eigenvalue weighted by Gasteiger charge is 2.50. The maximum absolute atomic E-state index is 13.6. The Morgan fingerprint density at radius 3 is 2.28 bits per heavy atom. The van der Waals surface area contributed by atoms with Gasteiger partial charge in [-0.2, -0.15) is 26.3 Å². The summed E-state index contributed by atoms with van der Waals surface area (Å²) in [6, 6.07) is 10.8. The molecule has 1 aliphatic rings. The van der Waals surface area contributed by atoms with Crippen LogP contribution in [0.1, 0.15) is 30.0 Å². The number of fused-ring (bicyclic) bond motifs is 1. The molecular weight excluding hydrogens is 438 g/mol. The molecular formula is C22H18F6N2O2. The number of aromatic nitrogens is 1. The van der Waals surface area contributed by atoms with Crippen LogP contribution in [0.5, 0.6) is 0 Å². The van der Waals surface area contributed by atoms with Gasteiger partial charge in [-0.05, 0) is 36.6 Å². The van der Waals surface area contributed by atoms with E-state index in [1.807, 2.05) is 0 Å². The molecule has 0 bridgehead atoms. The lowest BCUT2D eigenvalue weighted by molar-refractivity contribution is -0.209. The molecule has 0 amide bonds. The van der Waals surface area contributed by atoms with Crippen molar-refractivity contribution in [3.05, 3.63) is 76.1 Å². The maximum Gasteiger partial charge on any atom is 0.417 e. The number of rotatable bonds is 3. The number of pyridine rings is 1. The molecule has 4 nitrogen and oxygen atoms in total. The van der Waals surface area contributed by atoms with Gasteiger partial charge in [0.25, 0.3) is 0 Å². The van der Waals surface area contributed by atoms with E-state index in [4.69, 9.17) is 0 Å². The van der Waals surface area contributed by atoms with E-state index in [-0.39, 0.29) is 29.4 Å². The van der Waals surface area contributed by atoms with Crippen LogP contribution in [-0.4, -0.2) is 28.4 Å². The first-order chi connectivity index (χ1) is 15.0. The Morgan fingerprint density at radius 2 is 1.66 bits per heavy atom. The quantitative estimate of drug-likeness (QED) is 0.534. The van der Waals surface area contributed by atoms with Crippen molar-refractivity contribution in [1.82, 2.24) is 4.98 Å². The number of hydrogen-bond donors (Lipinski definition) is 2. The van der Waals surface area contributed by atoms with Crippen LogP contribution in [0.2, 0.25) is 0 Å². The average Bonchev–Trinajstić information content (AvgIpc) is 3.16. The van der Waals surface area contributed by atoms with Gasteiger partial charge in [0.2, 0.25) is 5.56 Å². The Balaban J connectivity index is 1.89. The van der Waals surface area contributed by atoms with Gasteiger partial charge >= 0.3 is 12.4 Å². The van der Waals surface area contributed by atoms with Crippen molar-refractivity contribution in [2.24, 2.45) is 0 Å². The zero-order chi connectivity index (χ0) is 23.3. The van der Waals surface area contributed by atoms with E-state index >= 15 is 0 Å². The number of aliphatic hydroxyl groups is 1. The summed E-state index contributed by atoms with van der Waals surface area (Å²) in [5, 5.41) is 9.68. The third-order valence-electron chi connectivity index (χ3n) is 5.74. The molecule has 1 fully saturated rings. The molecule has 3 atom stereocenters. The van der Waals surface area contributed by atoms with Crippen molar-refractivity contribution in [3.8, 4) is 0 Å². The molecule has 1 aromatic heterocycles. The molecule has 170 valence electrons. The minimum absolute atomic E-state index is 0.00394. The highest BCUT2D eigenvalue weighted by atomic mass is 19.4. The van der Waals surface area contributed by atoms with E-state index in [1.54, 1.807) is 30.3 Å². The standard InChI is InChI=1S/C22H18F6N2O2/c23-21(24,25)15-11-19(31)29-16-7-6-13(10-14(15)16)30-17(12-4-2-1-3-5-12)8-9-18(30)20(32)22(26,27)28/h1-7,10-11,17-18,20,32H,8-9H2,(H,29,31)/t17?,18-,20-/m1/s1. The third kappa shape index (κ3) is 4.06. The fourth-order valence-corrected chi connectivity index (χ4v) is 4.38. The van der Waals surface area contributed by atoms with Crippen LogP contribution in [0, 0.1) is 0 Å². The van der Waals surface area contributed by atoms with Crippen molar-refractivity contribution in [3.63, 3.8) is 0 Å². The van der Waals surface area contributed by atoms with Gasteiger partial charge in [-0.25, -0.2) is 0 Å². The van der Waals surface area contributed by atoms with E-state index in [2.05, 4.69) is 4.98 Å². The van der Waals surface area contributed by atoms with E-state index in [9.17, 15) is 36.2 Å². The zero-order valence-electron chi connectivity index (χ0n) is 16.4. The van der Waals surface area contributed by atoms with Crippen LogP contribution in [-0.2, 0) is 6.18 Å². The van der Waals surface area contributed by atoms with Gasteiger partial charge in [-0.15, -0.1) is 0 Å². The van der Waals surface area contributed by atoms with Gasteiger partial charge in [0.05, 0.1) is 17.6 Å². The lowest BCUT2D eigenvalue weighted by atomic mass is 10.0. The van der Waals surface area contributed by atoms with Gasteiger partial charge in [0, 0.05) is 22.7 Å². The number of hydrogen-bond acceptors (Lipinski definition) is 3. The van der Waals surface area contributed by atoms with Gasteiger partial charge in [-0.1, -0.05) is 30.3 Å². The van der Waals surface area contributed by atoms with Crippen molar-refractivity contribution in [2.45, 2.75) is 43.4 Å². The van der Waals surface area contributed by atoms with Gasteiger partial charge in [0.15, 0.2) is 6.10 Å². The van der Waals surface area contributed by atoms with Crippen LogP contribution >= 0.6 is 0 Å². The van der Waals surface area contributed by atoms with Gasteiger partial charge in [-0.3, -0.25) is 4.79 Å². The minimum Gasteiger partial charge on any atom is -0.382 e. The SMILES string of the molecule is O=c1cc(C(F)(F)F)c2cc(N3C(c4ccccc4)CC[C@@H]3[C@@H](O)C(F)(F)F)ccc2[nH]1. The van der Waals surface area contributed by atoms with Crippen LogP contribution in [0.4, 0.5) is 32.0 Å². The molecule has 0 aliphatic carbocycles. The number of aromatic amines is 1. The number of nitrogens with zero attached hydrogens (tertiary/aromatic N) is 1. The monoisotopic (exact) mass is 456 g/mol. The third-order valence-corrected chi connectivity index (χ3v) is 5.74.